The van der Waals surface area contributed by atoms with E-state index in [2.05, 4.69) is 32.7 Å². The predicted octanol–water partition coefficient (Wildman–Crippen LogP) is 2.92. The molecule has 2 heterocycles. The minimum absolute atomic E-state index is 0.0463. The van der Waals surface area contributed by atoms with Crippen LogP contribution in [0.5, 0.6) is 0 Å². The highest BCUT2D eigenvalue weighted by Gasteiger charge is 2.08. The van der Waals surface area contributed by atoms with E-state index in [4.69, 9.17) is 0 Å². The van der Waals surface area contributed by atoms with Crippen LogP contribution in [0.1, 0.15) is 18.3 Å². The molecule has 23 heavy (non-hydrogen) atoms. The maximum absolute atomic E-state index is 11.3. The largest absolute Gasteiger partial charge is 0.342 e. The summed E-state index contributed by atoms with van der Waals surface area (Å²) in [6.45, 7) is 4.13. The van der Waals surface area contributed by atoms with E-state index in [-0.39, 0.29) is 5.91 Å². The van der Waals surface area contributed by atoms with Gasteiger partial charge in [-0.3, -0.25) is 9.78 Å². The van der Waals surface area contributed by atoms with Crippen molar-refractivity contribution in [3.8, 4) is 11.3 Å². The molecule has 1 amide bonds. The summed E-state index contributed by atoms with van der Waals surface area (Å²) in [5, 5.41) is 0. The number of nitrogens with zero attached hydrogens (tertiary/aromatic N) is 4. The van der Waals surface area contributed by atoms with Crippen molar-refractivity contribution in [1.29, 1.82) is 0 Å². The molecule has 0 saturated carbocycles. The highest BCUT2D eigenvalue weighted by molar-refractivity contribution is 5.81. The van der Waals surface area contributed by atoms with Gasteiger partial charge in [0.15, 0.2) is 0 Å². The Morgan fingerprint density at radius 1 is 1.26 bits per heavy atom. The molecule has 0 N–H and O–H groups in total. The molecule has 0 fully saturated rings. The summed E-state index contributed by atoms with van der Waals surface area (Å²) in [4.78, 5) is 22.0. The number of aromatic nitrogens is 3. The zero-order chi connectivity index (χ0) is 16.6. The predicted molar refractivity (Wildman–Crippen MR) is 90.8 cm³/mol. The molecule has 0 saturated heterocycles. The lowest BCUT2D eigenvalue weighted by Gasteiger charge is -2.14. The summed E-state index contributed by atoms with van der Waals surface area (Å²) in [7, 11) is 3.80. The summed E-state index contributed by atoms with van der Waals surface area (Å²) in [6, 6.07) is 10.2. The molecule has 5 nitrogen and oxygen atoms in total. The fraction of sp³-hybridized carbons (Fsp3) is 0.278. The third-order valence-corrected chi connectivity index (χ3v) is 4.18. The van der Waals surface area contributed by atoms with Gasteiger partial charge in [-0.05, 0) is 30.7 Å². The van der Waals surface area contributed by atoms with Gasteiger partial charge in [0.2, 0.25) is 5.91 Å². The second-order valence-electron chi connectivity index (χ2n) is 5.85. The van der Waals surface area contributed by atoms with Gasteiger partial charge in [0.1, 0.15) is 5.82 Å². The number of amides is 1. The van der Waals surface area contributed by atoms with Crippen molar-refractivity contribution < 1.29 is 4.79 Å². The van der Waals surface area contributed by atoms with Gasteiger partial charge in [0.25, 0.3) is 0 Å². The number of pyridine rings is 1. The lowest BCUT2D eigenvalue weighted by molar-refractivity contribution is -0.128. The maximum atomic E-state index is 11.3. The quantitative estimate of drug-likeness (QED) is 0.747. The number of fused-ring (bicyclic) bond motifs is 1. The van der Waals surface area contributed by atoms with Crippen LogP contribution in [0.25, 0.3) is 22.3 Å². The first-order valence-electron chi connectivity index (χ1n) is 7.56. The van der Waals surface area contributed by atoms with Crippen LogP contribution in [0.2, 0.25) is 0 Å². The number of carbonyl (C=O) groups is 1. The first-order chi connectivity index (χ1) is 11.0. The normalized spacial score (nSPS) is 11.0. The van der Waals surface area contributed by atoms with Gasteiger partial charge < -0.3 is 9.47 Å². The van der Waals surface area contributed by atoms with E-state index in [0.29, 0.717) is 6.54 Å². The molecule has 118 valence electrons. The SMILES string of the molecule is CC(=O)N(C)Cc1ccc(-c2ccc3c(c2)nc(C)n3C)nc1. The molecule has 0 radical (unpaired) electrons. The molecular formula is C18H20N4O. The van der Waals surface area contributed by atoms with E-state index >= 15 is 0 Å². The zero-order valence-corrected chi connectivity index (χ0v) is 13.9. The molecule has 0 unspecified atom stereocenters. The van der Waals surface area contributed by atoms with Gasteiger partial charge in [-0.1, -0.05) is 12.1 Å². The number of rotatable bonds is 3. The summed E-state index contributed by atoms with van der Waals surface area (Å²) < 4.78 is 2.08. The molecule has 3 rings (SSSR count). The van der Waals surface area contributed by atoms with E-state index < -0.39 is 0 Å². The van der Waals surface area contributed by atoms with Crippen LogP contribution in [0.3, 0.4) is 0 Å². The summed E-state index contributed by atoms with van der Waals surface area (Å²) in [5.74, 6) is 1.04. The van der Waals surface area contributed by atoms with E-state index in [0.717, 1.165) is 33.7 Å². The second-order valence-corrected chi connectivity index (χ2v) is 5.85. The van der Waals surface area contributed by atoms with Crippen molar-refractivity contribution in [2.45, 2.75) is 20.4 Å². The molecule has 0 spiro atoms. The van der Waals surface area contributed by atoms with Crippen molar-refractivity contribution >= 4 is 16.9 Å². The summed E-state index contributed by atoms with van der Waals surface area (Å²) in [6.07, 6.45) is 1.82. The number of aryl methyl sites for hydroxylation is 2. The smallest absolute Gasteiger partial charge is 0.219 e. The lowest BCUT2D eigenvalue weighted by Crippen LogP contribution is -2.23. The van der Waals surface area contributed by atoms with Crippen LogP contribution in [-0.2, 0) is 18.4 Å². The van der Waals surface area contributed by atoms with Crippen molar-refractivity contribution in [3.05, 3.63) is 47.9 Å². The van der Waals surface area contributed by atoms with Gasteiger partial charge in [0, 0.05) is 39.3 Å². The maximum Gasteiger partial charge on any atom is 0.219 e. The minimum Gasteiger partial charge on any atom is -0.342 e. The molecule has 2 aromatic heterocycles. The van der Waals surface area contributed by atoms with Crippen molar-refractivity contribution in [2.24, 2.45) is 7.05 Å². The van der Waals surface area contributed by atoms with Crippen LogP contribution in [0.4, 0.5) is 0 Å². The number of carbonyl (C=O) groups excluding carboxylic acids is 1. The zero-order valence-electron chi connectivity index (χ0n) is 13.9. The number of hydrogen-bond donors (Lipinski definition) is 0. The third kappa shape index (κ3) is 2.95. The first kappa shape index (κ1) is 15.2. The Balaban J connectivity index is 1.88. The van der Waals surface area contributed by atoms with E-state index in [1.54, 1.807) is 18.9 Å². The molecule has 1 aromatic carbocycles. The fourth-order valence-corrected chi connectivity index (χ4v) is 2.55. The molecule has 0 bridgehead atoms. The Morgan fingerprint density at radius 2 is 2.04 bits per heavy atom. The van der Waals surface area contributed by atoms with E-state index in [1.807, 2.05) is 32.3 Å². The number of benzene rings is 1. The van der Waals surface area contributed by atoms with Crippen LogP contribution in [-0.4, -0.2) is 32.4 Å². The molecule has 5 heteroatoms. The Labute approximate surface area is 135 Å². The van der Waals surface area contributed by atoms with Crippen LogP contribution in [0, 0.1) is 6.92 Å². The molecule has 0 atom stereocenters. The van der Waals surface area contributed by atoms with Crippen LogP contribution >= 0.6 is 0 Å². The Hall–Kier alpha value is -2.69. The number of imidazole rings is 1. The topological polar surface area (TPSA) is 51.0 Å². The van der Waals surface area contributed by atoms with Crippen molar-refractivity contribution in [2.75, 3.05) is 7.05 Å². The average Bonchev–Trinajstić information content (AvgIpc) is 2.82. The molecule has 0 aliphatic rings. The Morgan fingerprint density at radius 3 is 2.70 bits per heavy atom. The Bertz CT molecular complexity index is 865. The minimum atomic E-state index is 0.0463. The molecule has 0 aliphatic heterocycles. The highest BCUT2D eigenvalue weighted by Crippen LogP contribution is 2.23. The van der Waals surface area contributed by atoms with Crippen molar-refractivity contribution in [3.63, 3.8) is 0 Å². The van der Waals surface area contributed by atoms with Crippen molar-refractivity contribution in [1.82, 2.24) is 19.4 Å². The standard InChI is InChI=1S/C18H20N4O/c1-12-20-17-9-15(6-8-18(17)22(12)4)16-7-5-14(10-19-16)11-21(3)13(2)23/h5-10H,11H2,1-4H3. The van der Waals surface area contributed by atoms with Gasteiger partial charge in [-0.2, -0.15) is 0 Å². The Kier molecular flexibility index (Phi) is 3.86. The molecule has 0 aliphatic carbocycles. The van der Waals surface area contributed by atoms with Gasteiger partial charge in [-0.25, -0.2) is 4.98 Å². The van der Waals surface area contributed by atoms with Gasteiger partial charge >= 0.3 is 0 Å². The lowest BCUT2D eigenvalue weighted by atomic mass is 10.1. The van der Waals surface area contributed by atoms with E-state index in [9.17, 15) is 4.79 Å². The summed E-state index contributed by atoms with van der Waals surface area (Å²) >= 11 is 0. The summed E-state index contributed by atoms with van der Waals surface area (Å²) in [5.41, 5.74) is 5.06. The average molecular weight is 308 g/mol. The fourth-order valence-electron chi connectivity index (χ4n) is 2.55. The molecule has 3 aromatic rings. The second kappa shape index (κ2) is 5.83. The highest BCUT2D eigenvalue weighted by atomic mass is 16.2. The van der Waals surface area contributed by atoms with Crippen LogP contribution in [0.15, 0.2) is 36.5 Å². The van der Waals surface area contributed by atoms with Gasteiger partial charge in [0.05, 0.1) is 16.7 Å². The van der Waals surface area contributed by atoms with E-state index in [1.165, 1.54) is 0 Å². The molecular weight excluding hydrogens is 288 g/mol. The monoisotopic (exact) mass is 308 g/mol. The van der Waals surface area contributed by atoms with Crippen LogP contribution < -0.4 is 0 Å². The first-order valence-corrected chi connectivity index (χ1v) is 7.56. The van der Waals surface area contributed by atoms with Gasteiger partial charge in [-0.15, -0.1) is 0 Å². The number of hydrogen-bond acceptors (Lipinski definition) is 3. The third-order valence-electron chi connectivity index (χ3n) is 4.18.